The van der Waals surface area contributed by atoms with Gasteiger partial charge in [0.1, 0.15) is 6.29 Å². The lowest BCUT2D eigenvalue weighted by Crippen LogP contribution is -2.31. The monoisotopic (exact) mass is 299 g/mol. The van der Waals surface area contributed by atoms with Gasteiger partial charge in [0.15, 0.2) is 0 Å². The summed E-state index contributed by atoms with van der Waals surface area (Å²) in [6.45, 7) is 4.98. The molecule has 0 radical (unpaired) electrons. The Morgan fingerprint density at radius 3 is 2.55 bits per heavy atom. The predicted molar refractivity (Wildman–Crippen MR) is 88.7 cm³/mol. The summed E-state index contributed by atoms with van der Waals surface area (Å²) >= 11 is 0. The van der Waals surface area contributed by atoms with Gasteiger partial charge < -0.3 is 9.69 Å². The first kappa shape index (κ1) is 16.5. The molecular formula is C19H25NO2. The minimum Gasteiger partial charge on any atom is -0.312 e. The maximum absolute atomic E-state index is 12.8. The summed E-state index contributed by atoms with van der Waals surface area (Å²) in [5.41, 5.74) is 4.24. The van der Waals surface area contributed by atoms with Crippen molar-refractivity contribution in [2.75, 3.05) is 6.54 Å². The average Bonchev–Trinajstić information content (AvgIpc) is 2.54. The first-order chi connectivity index (χ1) is 10.6. The Morgan fingerprint density at radius 1 is 1.14 bits per heavy atom. The molecule has 0 aliphatic carbocycles. The molecule has 0 atom stereocenters. The predicted octanol–water partition coefficient (Wildman–Crippen LogP) is 4.13. The molecule has 1 amide bonds. The number of nitrogens with zero attached hydrogens (tertiary/aromatic N) is 1. The summed E-state index contributed by atoms with van der Waals surface area (Å²) in [4.78, 5) is 25.1. The zero-order valence-electron chi connectivity index (χ0n) is 13.6. The lowest BCUT2D eigenvalue weighted by molar-refractivity contribution is -0.107. The number of hydrogen-bond acceptors (Lipinski definition) is 2. The van der Waals surface area contributed by atoms with Crippen LogP contribution in [0.15, 0.2) is 35.5 Å². The van der Waals surface area contributed by atoms with Crippen molar-refractivity contribution >= 4 is 12.2 Å². The number of aryl methyl sites for hydroxylation is 1. The van der Waals surface area contributed by atoms with Crippen molar-refractivity contribution < 1.29 is 9.59 Å². The number of rotatable bonds is 4. The number of aldehydes is 1. The van der Waals surface area contributed by atoms with Gasteiger partial charge in [-0.05, 0) is 57.2 Å². The molecule has 0 N–H and O–H groups in total. The fraction of sp³-hybridized carbons (Fsp3) is 0.474. The van der Waals surface area contributed by atoms with Crippen LogP contribution < -0.4 is 0 Å². The largest absolute Gasteiger partial charge is 0.312 e. The maximum atomic E-state index is 12.8. The Morgan fingerprint density at radius 2 is 1.86 bits per heavy atom. The third-order valence-electron chi connectivity index (χ3n) is 4.45. The quantitative estimate of drug-likeness (QED) is 0.784. The van der Waals surface area contributed by atoms with Crippen LogP contribution in [-0.4, -0.2) is 23.6 Å². The van der Waals surface area contributed by atoms with Crippen LogP contribution in [0, 0.1) is 0 Å². The molecule has 1 aromatic carbocycles. The normalized spacial score (nSPS) is 19.5. The average molecular weight is 299 g/mol. The zero-order valence-corrected chi connectivity index (χ0v) is 13.6. The molecule has 0 spiro atoms. The highest BCUT2D eigenvalue weighted by Gasteiger charge is 2.19. The Balaban J connectivity index is 2.16. The van der Waals surface area contributed by atoms with E-state index in [1.165, 1.54) is 18.4 Å². The molecule has 2 rings (SSSR count). The van der Waals surface area contributed by atoms with Gasteiger partial charge in [-0.15, -0.1) is 0 Å². The van der Waals surface area contributed by atoms with Gasteiger partial charge in [0, 0.05) is 24.2 Å². The standard InChI is InChI=1S/C19H25NO2/c1-15-7-4-3-5-13-20(16(15)2)19(22)18-11-9-17(10-12-18)8-6-14-21/h9-12,14H,3-8,13H2,1-2H3/b16-15-. The number of benzene rings is 1. The topological polar surface area (TPSA) is 37.4 Å². The number of hydrogen-bond donors (Lipinski definition) is 0. The third kappa shape index (κ3) is 4.06. The molecule has 22 heavy (non-hydrogen) atoms. The molecule has 1 aliphatic rings. The molecule has 0 fully saturated rings. The SMILES string of the molecule is C/C1=C(\C)N(C(=O)c2ccc(CCC=O)cc2)CCCCC1. The fourth-order valence-corrected chi connectivity index (χ4v) is 2.87. The van der Waals surface area contributed by atoms with E-state index < -0.39 is 0 Å². The molecule has 118 valence electrons. The van der Waals surface area contributed by atoms with Crippen molar-refractivity contribution in [3.63, 3.8) is 0 Å². The molecule has 1 aliphatic heterocycles. The molecule has 0 bridgehead atoms. The van der Waals surface area contributed by atoms with Crippen LogP contribution in [0.1, 0.15) is 61.9 Å². The van der Waals surface area contributed by atoms with Crippen molar-refractivity contribution in [3.8, 4) is 0 Å². The molecule has 3 nitrogen and oxygen atoms in total. The summed E-state index contributed by atoms with van der Waals surface area (Å²) in [5, 5.41) is 0. The lowest BCUT2D eigenvalue weighted by atomic mass is 10.0. The van der Waals surface area contributed by atoms with E-state index in [1.807, 2.05) is 29.2 Å². The van der Waals surface area contributed by atoms with E-state index in [0.29, 0.717) is 6.42 Å². The van der Waals surface area contributed by atoms with Crippen LogP contribution in [0.25, 0.3) is 0 Å². The highest BCUT2D eigenvalue weighted by Crippen LogP contribution is 2.22. The van der Waals surface area contributed by atoms with Crippen molar-refractivity contribution in [1.82, 2.24) is 4.90 Å². The van der Waals surface area contributed by atoms with Crippen LogP contribution in [-0.2, 0) is 11.2 Å². The molecule has 1 heterocycles. The number of carbonyl (C=O) groups is 2. The van der Waals surface area contributed by atoms with E-state index in [2.05, 4.69) is 13.8 Å². The van der Waals surface area contributed by atoms with Crippen LogP contribution in [0.2, 0.25) is 0 Å². The first-order valence-corrected chi connectivity index (χ1v) is 8.14. The molecule has 0 saturated carbocycles. The van der Waals surface area contributed by atoms with E-state index in [4.69, 9.17) is 0 Å². The molecular weight excluding hydrogens is 274 g/mol. The molecule has 0 aromatic heterocycles. The van der Waals surface area contributed by atoms with Gasteiger partial charge in [-0.3, -0.25) is 4.79 Å². The summed E-state index contributed by atoms with van der Waals surface area (Å²) < 4.78 is 0. The minimum atomic E-state index is 0.0840. The van der Waals surface area contributed by atoms with Crippen molar-refractivity contribution in [2.45, 2.75) is 52.4 Å². The van der Waals surface area contributed by atoms with Gasteiger partial charge in [-0.25, -0.2) is 0 Å². The van der Waals surface area contributed by atoms with Gasteiger partial charge in [0.25, 0.3) is 5.91 Å². The van der Waals surface area contributed by atoms with Gasteiger partial charge in [-0.1, -0.05) is 24.1 Å². The maximum Gasteiger partial charge on any atom is 0.257 e. The number of allylic oxidation sites excluding steroid dienone is 2. The first-order valence-electron chi connectivity index (χ1n) is 8.14. The Hall–Kier alpha value is -1.90. The molecule has 0 unspecified atom stereocenters. The Bertz CT molecular complexity index is 557. The van der Waals surface area contributed by atoms with E-state index in [-0.39, 0.29) is 5.91 Å². The van der Waals surface area contributed by atoms with Crippen LogP contribution in [0.4, 0.5) is 0 Å². The van der Waals surface area contributed by atoms with Gasteiger partial charge >= 0.3 is 0 Å². The fourth-order valence-electron chi connectivity index (χ4n) is 2.87. The number of amides is 1. The van der Waals surface area contributed by atoms with Crippen molar-refractivity contribution in [1.29, 1.82) is 0 Å². The third-order valence-corrected chi connectivity index (χ3v) is 4.45. The summed E-state index contributed by atoms with van der Waals surface area (Å²) in [6, 6.07) is 7.66. The minimum absolute atomic E-state index is 0.0840. The van der Waals surface area contributed by atoms with E-state index in [0.717, 1.165) is 48.9 Å². The van der Waals surface area contributed by atoms with Crippen molar-refractivity contribution in [3.05, 3.63) is 46.7 Å². The number of carbonyl (C=O) groups excluding carboxylic acids is 2. The molecule has 3 heteroatoms. The lowest BCUT2D eigenvalue weighted by Gasteiger charge is -2.27. The second-order valence-electron chi connectivity index (χ2n) is 6.04. The second-order valence-corrected chi connectivity index (χ2v) is 6.04. The highest BCUT2D eigenvalue weighted by molar-refractivity contribution is 5.95. The Labute approximate surface area is 133 Å². The highest BCUT2D eigenvalue weighted by atomic mass is 16.2. The summed E-state index contributed by atoms with van der Waals surface area (Å²) in [7, 11) is 0. The molecule has 0 saturated heterocycles. The van der Waals surface area contributed by atoms with E-state index in [9.17, 15) is 9.59 Å². The van der Waals surface area contributed by atoms with Gasteiger partial charge in [0.2, 0.25) is 0 Å². The van der Waals surface area contributed by atoms with Crippen molar-refractivity contribution in [2.24, 2.45) is 0 Å². The van der Waals surface area contributed by atoms with Crippen LogP contribution in [0.5, 0.6) is 0 Å². The van der Waals surface area contributed by atoms with Gasteiger partial charge in [0.05, 0.1) is 0 Å². The van der Waals surface area contributed by atoms with E-state index >= 15 is 0 Å². The zero-order chi connectivity index (χ0) is 15.9. The smallest absolute Gasteiger partial charge is 0.257 e. The molecule has 1 aromatic rings. The van der Waals surface area contributed by atoms with Gasteiger partial charge in [-0.2, -0.15) is 0 Å². The van der Waals surface area contributed by atoms with Crippen LogP contribution >= 0.6 is 0 Å². The second kappa shape index (κ2) is 7.92. The summed E-state index contributed by atoms with van der Waals surface area (Å²) in [6.07, 6.45) is 6.74. The summed E-state index contributed by atoms with van der Waals surface area (Å²) in [5.74, 6) is 0.0840. The van der Waals surface area contributed by atoms with E-state index in [1.54, 1.807) is 0 Å². The van der Waals surface area contributed by atoms with Crippen LogP contribution in [0.3, 0.4) is 0 Å². The Kier molecular flexibility index (Phi) is 5.93.